The summed E-state index contributed by atoms with van der Waals surface area (Å²) < 4.78 is 0. The highest BCUT2D eigenvalue weighted by atomic mass is 16.3. The van der Waals surface area contributed by atoms with E-state index in [1.54, 1.807) is 24.3 Å². The zero-order valence-electron chi connectivity index (χ0n) is 12.6. The molecule has 0 radical (unpaired) electrons. The average Bonchev–Trinajstić information content (AvgIpc) is 2.39. The van der Waals surface area contributed by atoms with Gasteiger partial charge in [-0.2, -0.15) is 0 Å². The molecule has 0 saturated heterocycles. The molecule has 0 aliphatic rings. The summed E-state index contributed by atoms with van der Waals surface area (Å²) in [6, 6.07) is 6.36. The van der Waals surface area contributed by atoms with Gasteiger partial charge in [0.15, 0.2) is 0 Å². The van der Waals surface area contributed by atoms with Crippen LogP contribution in [0.15, 0.2) is 24.3 Å². The molecule has 0 spiro atoms. The topological polar surface area (TPSA) is 75.4 Å². The Labute approximate surface area is 121 Å². The maximum Gasteiger partial charge on any atom is 0.237 e. The first-order valence-corrected chi connectivity index (χ1v) is 7.22. The molecule has 0 saturated carbocycles. The lowest BCUT2D eigenvalue weighted by Gasteiger charge is -2.18. The molecule has 4 N–H and O–H groups in total. The highest BCUT2D eigenvalue weighted by molar-refractivity contribution is 5.82. The predicted molar refractivity (Wildman–Crippen MR) is 81.5 cm³/mol. The number of rotatable bonds is 7. The van der Waals surface area contributed by atoms with Crippen molar-refractivity contribution in [2.24, 2.45) is 11.7 Å². The summed E-state index contributed by atoms with van der Waals surface area (Å²) in [4.78, 5) is 12.0. The molecular weight excluding hydrogens is 252 g/mol. The number of amides is 1. The SMILES string of the molecule is CC(C)CCC(C)NC(=O)[C@@H](N)Cc1ccc(O)cc1. The van der Waals surface area contributed by atoms with Crippen LogP contribution in [0.3, 0.4) is 0 Å². The number of phenolic OH excluding ortho intramolecular Hbond substituents is 1. The molecule has 1 aromatic rings. The van der Waals surface area contributed by atoms with E-state index in [-0.39, 0.29) is 17.7 Å². The number of carbonyl (C=O) groups excluding carboxylic acids is 1. The van der Waals surface area contributed by atoms with E-state index in [1.165, 1.54) is 0 Å². The van der Waals surface area contributed by atoms with Gasteiger partial charge in [-0.15, -0.1) is 0 Å². The first-order chi connectivity index (χ1) is 9.38. The zero-order valence-corrected chi connectivity index (χ0v) is 12.6. The molecule has 1 aromatic carbocycles. The van der Waals surface area contributed by atoms with E-state index in [2.05, 4.69) is 19.2 Å². The molecule has 0 fully saturated rings. The smallest absolute Gasteiger partial charge is 0.237 e. The van der Waals surface area contributed by atoms with Crippen molar-refractivity contribution in [1.29, 1.82) is 0 Å². The average molecular weight is 278 g/mol. The van der Waals surface area contributed by atoms with E-state index in [0.29, 0.717) is 12.3 Å². The second-order valence-corrected chi connectivity index (χ2v) is 5.86. The number of hydrogen-bond donors (Lipinski definition) is 3. The van der Waals surface area contributed by atoms with Crippen molar-refractivity contribution < 1.29 is 9.90 Å². The van der Waals surface area contributed by atoms with Crippen molar-refractivity contribution in [2.45, 2.75) is 52.1 Å². The third-order valence-electron chi connectivity index (χ3n) is 3.29. The first-order valence-electron chi connectivity index (χ1n) is 7.22. The van der Waals surface area contributed by atoms with E-state index in [1.807, 2.05) is 6.92 Å². The van der Waals surface area contributed by atoms with Gasteiger partial charge in [-0.1, -0.05) is 26.0 Å². The van der Waals surface area contributed by atoms with Gasteiger partial charge in [-0.05, 0) is 49.8 Å². The number of aromatic hydroxyl groups is 1. The van der Waals surface area contributed by atoms with Gasteiger partial charge in [0, 0.05) is 6.04 Å². The maximum absolute atomic E-state index is 12.0. The van der Waals surface area contributed by atoms with Crippen molar-refractivity contribution >= 4 is 5.91 Å². The number of nitrogens with two attached hydrogens (primary N) is 1. The van der Waals surface area contributed by atoms with Crippen molar-refractivity contribution in [3.8, 4) is 5.75 Å². The minimum atomic E-state index is -0.555. The van der Waals surface area contributed by atoms with Crippen LogP contribution in [0.1, 0.15) is 39.2 Å². The van der Waals surface area contributed by atoms with Crippen molar-refractivity contribution in [2.75, 3.05) is 0 Å². The highest BCUT2D eigenvalue weighted by Crippen LogP contribution is 2.11. The highest BCUT2D eigenvalue weighted by Gasteiger charge is 2.16. The van der Waals surface area contributed by atoms with Gasteiger partial charge < -0.3 is 16.2 Å². The fraction of sp³-hybridized carbons (Fsp3) is 0.562. The van der Waals surface area contributed by atoms with Crippen LogP contribution in [0.4, 0.5) is 0 Å². The quantitative estimate of drug-likeness (QED) is 0.715. The van der Waals surface area contributed by atoms with Gasteiger partial charge in [0.2, 0.25) is 5.91 Å². The zero-order chi connectivity index (χ0) is 15.1. The molecule has 4 heteroatoms. The summed E-state index contributed by atoms with van der Waals surface area (Å²) in [7, 11) is 0. The van der Waals surface area contributed by atoms with Crippen LogP contribution >= 0.6 is 0 Å². The second kappa shape index (κ2) is 7.90. The molecule has 2 atom stereocenters. The summed E-state index contributed by atoms with van der Waals surface area (Å²) in [5.41, 5.74) is 6.86. The molecular formula is C16H26N2O2. The van der Waals surface area contributed by atoms with E-state index in [0.717, 1.165) is 18.4 Å². The second-order valence-electron chi connectivity index (χ2n) is 5.86. The fourth-order valence-electron chi connectivity index (χ4n) is 1.98. The fourth-order valence-corrected chi connectivity index (χ4v) is 1.98. The molecule has 112 valence electrons. The van der Waals surface area contributed by atoms with Crippen LogP contribution in [0, 0.1) is 5.92 Å². The first kappa shape index (κ1) is 16.5. The number of nitrogens with one attached hydrogen (secondary N) is 1. The molecule has 1 unspecified atom stereocenters. The Balaban J connectivity index is 2.40. The molecule has 0 bridgehead atoms. The normalized spacial score (nSPS) is 14.1. The molecule has 0 aliphatic carbocycles. The summed E-state index contributed by atoms with van der Waals surface area (Å²) >= 11 is 0. The Morgan fingerprint density at radius 3 is 2.35 bits per heavy atom. The van der Waals surface area contributed by atoms with Gasteiger partial charge in [-0.25, -0.2) is 0 Å². The monoisotopic (exact) mass is 278 g/mol. The van der Waals surface area contributed by atoms with Crippen LogP contribution in [0.2, 0.25) is 0 Å². The Morgan fingerprint density at radius 1 is 1.20 bits per heavy atom. The van der Waals surface area contributed by atoms with Crippen molar-refractivity contribution in [3.05, 3.63) is 29.8 Å². The van der Waals surface area contributed by atoms with E-state index >= 15 is 0 Å². The van der Waals surface area contributed by atoms with Gasteiger partial charge in [0.1, 0.15) is 5.75 Å². The summed E-state index contributed by atoms with van der Waals surface area (Å²) in [6.07, 6.45) is 2.53. The molecule has 4 nitrogen and oxygen atoms in total. The third kappa shape index (κ3) is 6.06. The third-order valence-corrected chi connectivity index (χ3v) is 3.29. The lowest BCUT2D eigenvalue weighted by molar-refractivity contribution is -0.123. The number of benzene rings is 1. The summed E-state index contributed by atoms with van der Waals surface area (Å²) in [5, 5.41) is 12.2. The minimum Gasteiger partial charge on any atom is -0.508 e. The molecule has 1 rings (SSSR count). The van der Waals surface area contributed by atoms with Crippen LogP contribution < -0.4 is 11.1 Å². The number of carbonyl (C=O) groups is 1. The maximum atomic E-state index is 12.0. The van der Waals surface area contributed by atoms with Gasteiger partial charge in [0.25, 0.3) is 0 Å². The van der Waals surface area contributed by atoms with Crippen LogP contribution in [0.25, 0.3) is 0 Å². The minimum absolute atomic E-state index is 0.116. The summed E-state index contributed by atoms with van der Waals surface area (Å²) in [5.74, 6) is 0.739. The largest absolute Gasteiger partial charge is 0.508 e. The standard InChI is InChI=1S/C16H26N2O2/c1-11(2)4-5-12(3)18-16(20)15(17)10-13-6-8-14(19)9-7-13/h6-9,11-12,15,19H,4-5,10,17H2,1-3H3,(H,18,20)/t12?,15-/m0/s1. The Kier molecular flexibility index (Phi) is 6.52. The number of hydrogen-bond acceptors (Lipinski definition) is 3. The van der Waals surface area contributed by atoms with E-state index in [9.17, 15) is 9.90 Å². The summed E-state index contributed by atoms with van der Waals surface area (Å²) in [6.45, 7) is 6.35. The van der Waals surface area contributed by atoms with E-state index < -0.39 is 6.04 Å². The van der Waals surface area contributed by atoms with Crippen molar-refractivity contribution in [3.63, 3.8) is 0 Å². The van der Waals surface area contributed by atoms with Gasteiger partial charge >= 0.3 is 0 Å². The molecule has 0 aliphatic heterocycles. The lowest BCUT2D eigenvalue weighted by Crippen LogP contribution is -2.45. The Hall–Kier alpha value is -1.55. The Bertz CT molecular complexity index is 415. The molecule has 0 heterocycles. The lowest BCUT2D eigenvalue weighted by atomic mass is 10.0. The molecule has 20 heavy (non-hydrogen) atoms. The molecule has 1 amide bonds. The van der Waals surface area contributed by atoms with Crippen LogP contribution in [0.5, 0.6) is 5.75 Å². The number of phenols is 1. The van der Waals surface area contributed by atoms with Crippen LogP contribution in [-0.2, 0) is 11.2 Å². The Morgan fingerprint density at radius 2 is 1.80 bits per heavy atom. The van der Waals surface area contributed by atoms with Crippen molar-refractivity contribution in [1.82, 2.24) is 5.32 Å². The van der Waals surface area contributed by atoms with Gasteiger partial charge in [0.05, 0.1) is 6.04 Å². The predicted octanol–water partition coefficient (Wildman–Crippen LogP) is 2.20. The molecule has 0 aromatic heterocycles. The van der Waals surface area contributed by atoms with Crippen LogP contribution in [-0.4, -0.2) is 23.1 Å². The van der Waals surface area contributed by atoms with E-state index in [4.69, 9.17) is 5.73 Å². The van der Waals surface area contributed by atoms with Gasteiger partial charge in [-0.3, -0.25) is 4.79 Å².